The molecule has 1 atom stereocenters. The monoisotopic (exact) mass is 283 g/mol. The molecule has 1 fully saturated rings. The summed E-state index contributed by atoms with van der Waals surface area (Å²) in [6.45, 7) is 2.02. The maximum absolute atomic E-state index is 12.8. The van der Waals surface area contributed by atoms with Crippen LogP contribution in [0.2, 0.25) is 0 Å². The number of nitrogens with zero attached hydrogens (tertiary/aromatic N) is 2. The Balaban J connectivity index is 1.89. The molecular formula is C17H21N3O. The van der Waals surface area contributed by atoms with Crippen molar-refractivity contribution in [1.29, 1.82) is 0 Å². The average molecular weight is 283 g/mol. The number of carbonyl (C=O) groups excluding carboxylic acids is 1. The quantitative estimate of drug-likeness (QED) is 0.921. The number of amides is 1. The van der Waals surface area contributed by atoms with Crippen molar-refractivity contribution >= 4 is 16.7 Å². The van der Waals surface area contributed by atoms with Gasteiger partial charge in [-0.05, 0) is 43.8 Å². The molecule has 0 radical (unpaired) electrons. The molecule has 0 aliphatic carbocycles. The van der Waals surface area contributed by atoms with Gasteiger partial charge in [0.2, 0.25) is 0 Å². The van der Waals surface area contributed by atoms with Crippen LogP contribution in [-0.2, 0) is 0 Å². The van der Waals surface area contributed by atoms with Crippen molar-refractivity contribution in [3.63, 3.8) is 0 Å². The summed E-state index contributed by atoms with van der Waals surface area (Å²) in [4.78, 5) is 19.0. The molecular weight excluding hydrogens is 262 g/mol. The summed E-state index contributed by atoms with van der Waals surface area (Å²) in [6, 6.07) is 10.2. The lowest BCUT2D eigenvalue weighted by Gasteiger charge is -2.27. The summed E-state index contributed by atoms with van der Waals surface area (Å²) in [6.07, 6.45) is 4.90. The summed E-state index contributed by atoms with van der Waals surface area (Å²) in [5, 5.41) is 5.38. The largest absolute Gasteiger partial charge is 0.337 e. The topological polar surface area (TPSA) is 45.2 Å². The maximum Gasteiger partial charge on any atom is 0.273 e. The highest BCUT2D eigenvalue weighted by Gasteiger charge is 2.24. The molecule has 1 aliphatic heterocycles. The number of aromatic nitrogens is 1. The van der Waals surface area contributed by atoms with Crippen molar-refractivity contribution < 1.29 is 4.79 Å². The van der Waals surface area contributed by atoms with Gasteiger partial charge in [-0.15, -0.1) is 0 Å². The Morgan fingerprint density at radius 3 is 3.00 bits per heavy atom. The fourth-order valence-corrected chi connectivity index (χ4v) is 3.01. The van der Waals surface area contributed by atoms with Gasteiger partial charge < -0.3 is 10.2 Å². The lowest BCUT2D eigenvalue weighted by Crippen LogP contribution is -2.38. The average Bonchev–Trinajstić information content (AvgIpc) is 2.82. The number of nitrogens with one attached hydrogen (secondary N) is 1. The molecule has 1 aliphatic rings. The van der Waals surface area contributed by atoms with Crippen LogP contribution in [0.5, 0.6) is 0 Å². The first-order valence-corrected chi connectivity index (χ1v) is 7.59. The van der Waals surface area contributed by atoms with E-state index in [1.807, 2.05) is 42.3 Å². The Hall–Kier alpha value is -1.94. The zero-order valence-electron chi connectivity index (χ0n) is 12.4. The Kier molecular flexibility index (Phi) is 4.15. The normalized spacial score (nSPS) is 19.2. The third-order valence-electron chi connectivity index (χ3n) is 4.29. The molecule has 4 nitrogen and oxygen atoms in total. The number of carbonyl (C=O) groups is 1. The molecule has 1 saturated heterocycles. The van der Waals surface area contributed by atoms with Crippen molar-refractivity contribution in [3.05, 3.63) is 42.2 Å². The van der Waals surface area contributed by atoms with Gasteiger partial charge in [0.1, 0.15) is 5.69 Å². The van der Waals surface area contributed by atoms with E-state index in [9.17, 15) is 4.79 Å². The van der Waals surface area contributed by atoms with E-state index in [1.54, 1.807) is 6.20 Å². The zero-order chi connectivity index (χ0) is 14.7. The third-order valence-corrected chi connectivity index (χ3v) is 4.29. The minimum absolute atomic E-state index is 0.0266. The molecule has 0 unspecified atom stereocenters. The first-order valence-electron chi connectivity index (χ1n) is 7.59. The highest BCUT2D eigenvalue weighted by Crippen LogP contribution is 2.20. The lowest BCUT2D eigenvalue weighted by molar-refractivity contribution is 0.0716. The molecule has 0 bridgehead atoms. The lowest BCUT2D eigenvalue weighted by atomic mass is 10.1. The fourth-order valence-electron chi connectivity index (χ4n) is 3.01. The van der Waals surface area contributed by atoms with Crippen LogP contribution in [0.1, 0.15) is 29.8 Å². The van der Waals surface area contributed by atoms with Crippen LogP contribution in [0.4, 0.5) is 0 Å². The Bertz CT molecular complexity index is 627. The number of fused-ring (bicyclic) bond motifs is 1. The molecule has 2 heterocycles. The van der Waals surface area contributed by atoms with Gasteiger partial charge in [-0.1, -0.05) is 24.3 Å². The maximum atomic E-state index is 12.8. The molecule has 2 aromatic rings. The Morgan fingerprint density at radius 1 is 1.24 bits per heavy atom. The molecule has 21 heavy (non-hydrogen) atoms. The van der Waals surface area contributed by atoms with Gasteiger partial charge in [-0.3, -0.25) is 9.78 Å². The first kappa shape index (κ1) is 14.0. The van der Waals surface area contributed by atoms with Crippen molar-refractivity contribution in [2.24, 2.45) is 0 Å². The zero-order valence-corrected chi connectivity index (χ0v) is 12.4. The van der Waals surface area contributed by atoms with Gasteiger partial charge in [0.15, 0.2) is 0 Å². The van der Waals surface area contributed by atoms with E-state index in [0.717, 1.165) is 43.1 Å². The van der Waals surface area contributed by atoms with Crippen molar-refractivity contribution in [1.82, 2.24) is 15.2 Å². The van der Waals surface area contributed by atoms with Gasteiger partial charge in [-0.25, -0.2) is 0 Å². The second kappa shape index (κ2) is 6.22. The van der Waals surface area contributed by atoms with Gasteiger partial charge in [0, 0.05) is 24.7 Å². The SMILES string of the molecule is CN(C(=O)c1nccc2ccccc12)[C@@H]1CCCNCC1. The van der Waals surface area contributed by atoms with E-state index in [2.05, 4.69) is 10.3 Å². The summed E-state index contributed by atoms with van der Waals surface area (Å²) in [5.74, 6) is 0.0266. The van der Waals surface area contributed by atoms with Crippen LogP contribution in [0.3, 0.4) is 0 Å². The van der Waals surface area contributed by atoms with Crippen LogP contribution in [0.15, 0.2) is 36.5 Å². The van der Waals surface area contributed by atoms with Crippen LogP contribution in [0.25, 0.3) is 10.8 Å². The highest BCUT2D eigenvalue weighted by atomic mass is 16.2. The van der Waals surface area contributed by atoms with E-state index in [4.69, 9.17) is 0 Å². The molecule has 1 aromatic heterocycles. The number of benzene rings is 1. The molecule has 4 heteroatoms. The van der Waals surface area contributed by atoms with Crippen LogP contribution in [0, 0.1) is 0 Å². The van der Waals surface area contributed by atoms with Gasteiger partial charge in [0.05, 0.1) is 0 Å². The van der Waals surface area contributed by atoms with Crippen molar-refractivity contribution in [3.8, 4) is 0 Å². The predicted molar refractivity (Wildman–Crippen MR) is 84.3 cm³/mol. The second-order valence-electron chi connectivity index (χ2n) is 5.63. The van der Waals surface area contributed by atoms with Crippen LogP contribution < -0.4 is 5.32 Å². The van der Waals surface area contributed by atoms with E-state index < -0.39 is 0 Å². The number of hydrogen-bond acceptors (Lipinski definition) is 3. The standard InChI is InChI=1S/C17H21N3O/c1-20(14-6-4-10-18-11-9-14)17(21)16-15-7-3-2-5-13(15)8-12-19-16/h2-3,5,7-8,12,14,18H,4,6,9-11H2,1H3/t14-/m1/s1. The minimum Gasteiger partial charge on any atom is -0.337 e. The highest BCUT2D eigenvalue weighted by molar-refractivity contribution is 6.05. The van der Waals surface area contributed by atoms with Gasteiger partial charge >= 0.3 is 0 Å². The summed E-state index contributed by atoms with van der Waals surface area (Å²) < 4.78 is 0. The Labute approximate surface area is 125 Å². The molecule has 1 N–H and O–H groups in total. The number of pyridine rings is 1. The summed E-state index contributed by atoms with van der Waals surface area (Å²) in [7, 11) is 1.90. The van der Waals surface area contributed by atoms with E-state index in [1.165, 1.54) is 0 Å². The second-order valence-corrected chi connectivity index (χ2v) is 5.63. The summed E-state index contributed by atoms with van der Waals surface area (Å²) >= 11 is 0. The molecule has 1 aromatic carbocycles. The number of rotatable bonds is 2. The predicted octanol–water partition coefficient (Wildman–Crippen LogP) is 2.45. The van der Waals surface area contributed by atoms with E-state index in [0.29, 0.717) is 11.7 Å². The van der Waals surface area contributed by atoms with E-state index in [-0.39, 0.29) is 5.91 Å². The van der Waals surface area contributed by atoms with Crippen LogP contribution in [-0.4, -0.2) is 42.0 Å². The minimum atomic E-state index is 0.0266. The molecule has 110 valence electrons. The van der Waals surface area contributed by atoms with Gasteiger partial charge in [0.25, 0.3) is 5.91 Å². The molecule has 1 amide bonds. The first-order chi connectivity index (χ1) is 10.3. The smallest absolute Gasteiger partial charge is 0.273 e. The van der Waals surface area contributed by atoms with Crippen molar-refractivity contribution in [2.75, 3.05) is 20.1 Å². The number of hydrogen-bond donors (Lipinski definition) is 1. The van der Waals surface area contributed by atoms with E-state index >= 15 is 0 Å². The Morgan fingerprint density at radius 2 is 2.10 bits per heavy atom. The van der Waals surface area contributed by atoms with Crippen LogP contribution >= 0.6 is 0 Å². The molecule has 3 rings (SSSR count). The summed E-state index contributed by atoms with van der Waals surface area (Å²) in [5.41, 5.74) is 0.563. The molecule has 0 saturated carbocycles. The fraction of sp³-hybridized carbons (Fsp3) is 0.412. The molecule has 0 spiro atoms. The third kappa shape index (κ3) is 2.90. The van der Waals surface area contributed by atoms with Gasteiger partial charge in [-0.2, -0.15) is 0 Å². The van der Waals surface area contributed by atoms with Crippen molar-refractivity contribution in [2.45, 2.75) is 25.3 Å².